The average Bonchev–Trinajstić information content (AvgIpc) is 2.50. The molecule has 0 bridgehead atoms. The van der Waals surface area contributed by atoms with Gasteiger partial charge in [-0.2, -0.15) is 0 Å². The predicted molar refractivity (Wildman–Crippen MR) is 92.0 cm³/mol. The summed E-state index contributed by atoms with van der Waals surface area (Å²) >= 11 is 0. The number of aliphatic hydroxyl groups is 1. The first-order valence-corrected chi connectivity index (χ1v) is 7.67. The molecule has 4 heteroatoms. The van der Waals surface area contributed by atoms with Crippen molar-refractivity contribution in [3.05, 3.63) is 36.4 Å². The fraction of sp³-hybridized carbons (Fsp3) is 0.500. The van der Waals surface area contributed by atoms with Crippen molar-refractivity contribution in [2.45, 2.75) is 51.3 Å². The first kappa shape index (κ1) is 16.6. The van der Waals surface area contributed by atoms with Crippen LogP contribution in [0.25, 0.3) is 0 Å². The molecule has 1 N–H and O–H groups in total. The van der Waals surface area contributed by atoms with Crippen molar-refractivity contribution in [2.75, 3.05) is 12.0 Å². The van der Waals surface area contributed by atoms with Crippen LogP contribution >= 0.6 is 0 Å². The molecule has 4 nitrogen and oxygen atoms in total. The summed E-state index contributed by atoms with van der Waals surface area (Å²) in [5.41, 5.74) is 2.13. The van der Waals surface area contributed by atoms with E-state index < -0.39 is 6.10 Å². The summed E-state index contributed by atoms with van der Waals surface area (Å²) in [5, 5.41) is 10.3. The summed E-state index contributed by atoms with van der Waals surface area (Å²) in [6.07, 6.45) is 4.62. The van der Waals surface area contributed by atoms with Crippen LogP contribution in [0.1, 0.15) is 32.8 Å². The van der Waals surface area contributed by atoms with Gasteiger partial charge in [0.15, 0.2) is 0 Å². The van der Waals surface area contributed by atoms with Gasteiger partial charge in [0.25, 0.3) is 0 Å². The predicted octanol–water partition coefficient (Wildman–Crippen LogP) is 3.19. The molecule has 0 aromatic heterocycles. The third-order valence-corrected chi connectivity index (χ3v) is 3.84. The number of benzene rings is 1. The van der Waals surface area contributed by atoms with Gasteiger partial charge in [-0.15, -0.1) is 6.58 Å². The third-order valence-electron chi connectivity index (χ3n) is 3.84. The number of aryl methyl sites for hydroxylation is 1. The molecule has 1 aliphatic rings. The number of fused-ring (bicyclic) bond motifs is 1. The molecule has 0 spiro atoms. The topological polar surface area (TPSA) is 45.1 Å². The number of methoxy groups -OCH3 is 1. The number of rotatable bonds is 4. The highest BCUT2D eigenvalue weighted by Crippen LogP contribution is 2.34. The van der Waals surface area contributed by atoms with E-state index in [0.717, 1.165) is 24.3 Å². The van der Waals surface area contributed by atoms with Crippen LogP contribution in [0.4, 0.5) is 5.69 Å². The standard InChI is InChI=1S/C18H26N2O2/c1-6-17(21)16-9-7-13-11-14(22-5)8-10-15(13)20(16)12-19-18(2,3)4/h6,8,10-12,16-17,21H,1,7,9H2,2-5H3. The second-order valence-corrected chi connectivity index (χ2v) is 6.65. The van der Waals surface area contributed by atoms with Crippen molar-refractivity contribution in [1.29, 1.82) is 0 Å². The van der Waals surface area contributed by atoms with E-state index in [1.54, 1.807) is 13.2 Å². The van der Waals surface area contributed by atoms with Gasteiger partial charge in [0.05, 0.1) is 31.1 Å². The van der Waals surface area contributed by atoms with Crippen molar-refractivity contribution < 1.29 is 9.84 Å². The summed E-state index contributed by atoms with van der Waals surface area (Å²) < 4.78 is 5.31. The number of aliphatic imine (C=N–C) groups is 1. The lowest BCUT2D eigenvalue weighted by molar-refractivity contribution is 0.185. The number of hydrogen-bond acceptors (Lipinski definition) is 3. The zero-order chi connectivity index (χ0) is 16.3. The highest BCUT2D eigenvalue weighted by molar-refractivity contribution is 5.83. The maximum atomic E-state index is 10.3. The van der Waals surface area contributed by atoms with Gasteiger partial charge < -0.3 is 14.7 Å². The number of hydrogen-bond donors (Lipinski definition) is 1. The zero-order valence-corrected chi connectivity index (χ0v) is 13.9. The minimum absolute atomic E-state index is 0.0375. The third kappa shape index (κ3) is 3.69. The fourth-order valence-corrected chi connectivity index (χ4v) is 2.64. The van der Waals surface area contributed by atoms with E-state index in [4.69, 9.17) is 4.74 Å². The molecule has 1 heterocycles. The largest absolute Gasteiger partial charge is 0.497 e. The Morgan fingerprint density at radius 3 is 2.77 bits per heavy atom. The van der Waals surface area contributed by atoms with Crippen molar-refractivity contribution in [3.63, 3.8) is 0 Å². The molecule has 0 saturated carbocycles. The van der Waals surface area contributed by atoms with Gasteiger partial charge in [0.2, 0.25) is 0 Å². The van der Waals surface area contributed by atoms with Gasteiger partial charge in [0, 0.05) is 5.69 Å². The van der Waals surface area contributed by atoms with Gasteiger partial charge in [-0.25, -0.2) is 0 Å². The van der Waals surface area contributed by atoms with Gasteiger partial charge in [-0.3, -0.25) is 4.99 Å². The highest BCUT2D eigenvalue weighted by Gasteiger charge is 2.30. The second kappa shape index (κ2) is 6.53. The van der Waals surface area contributed by atoms with E-state index in [9.17, 15) is 5.11 Å². The van der Waals surface area contributed by atoms with Crippen molar-refractivity contribution in [3.8, 4) is 5.75 Å². The van der Waals surface area contributed by atoms with E-state index in [1.807, 2.05) is 18.5 Å². The van der Waals surface area contributed by atoms with Crippen LogP contribution in [0.5, 0.6) is 5.75 Å². The summed E-state index contributed by atoms with van der Waals surface area (Å²) in [7, 11) is 1.67. The van der Waals surface area contributed by atoms with Crippen LogP contribution in [0, 0.1) is 0 Å². The maximum Gasteiger partial charge on any atom is 0.119 e. The van der Waals surface area contributed by atoms with E-state index in [1.165, 1.54) is 5.56 Å². The Morgan fingerprint density at radius 2 is 2.18 bits per heavy atom. The average molecular weight is 302 g/mol. The molecule has 120 valence electrons. The van der Waals surface area contributed by atoms with Crippen molar-refractivity contribution in [2.24, 2.45) is 4.99 Å². The van der Waals surface area contributed by atoms with E-state index in [2.05, 4.69) is 43.3 Å². The van der Waals surface area contributed by atoms with Crippen LogP contribution < -0.4 is 9.64 Å². The lowest BCUT2D eigenvalue weighted by atomic mass is 9.93. The SMILES string of the molecule is C=CC(O)C1CCc2cc(OC)ccc2N1C=NC(C)(C)C. The molecular formula is C18H26N2O2. The Hall–Kier alpha value is -1.81. The number of ether oxygens (including phenoxy) is 1. The van der Waals surface area contributed by atoms with Gasteiger partial charge >= 0.3 is 0 Å². The monoisotopic (exact) mass is 302 g/mol. The zero-order valence-electron chi connectivity index (χ0n) is 13.9. The quantitative estimate of drug-likeness (QED) is 0.528. The van der Waals surface area contributed by atoms with Gasteiger partial charge in [0.1, 0.15) is 5.75 Å². The lowest BCUT2D eigenvalue weighted by Gasteiger charge is -2.38. The number of aliphatic hydroxyl groups excluding tert-OH is 1. The minimum atomic E-state index is -0.582. The smallest absolute Gasteiger partial charge is 0.119 e. The first-order chi connectivity index (χ1) is 10.4. The summed E-state index contributed by atoms with van der Waals surface area (Å²) in [5.74, 6) is 0.856. The second-order valence-electron chi connectivity index (χ2n) is 6.65. The van der Waals surface area contributed by atoms with Crippen LogP contribution in [-0.4, -0.2) is 36.2 Å². The summed E-state index contributed by atoms with van der Waals surface area (Å²) in [6, 6.07) is 6.00. The molecule has 0 fully saturated rings. The normalized spacial score (nSPS) is 19.9. The first-order valence-electron chi connectivity index (χ1n) is 7.67. The molecule has 0 radical (unpaired) electrons. The van der Waals surface area contributed by atoms with Crippen LogP contribution in [0.3, 0.4) is 0 Å². The molecule has 0 saturated heterocycles. The Morgan fingerprint density at radius 1 is 1.45 bits per heavy atom. The summed E-state index contributed by atoms with van der Waals surface area (Å²) in [6.45, 7) is 9.89. The minimum Gasteiger partial charge on any atom is -0.497 e. The maximum absolute atomic E-state index is 10.3. The molecular weight excluding hydrogens is 276 g/mol. The van der Waals surface area contributed by atoms with Gasteiger partial charge in [-0.05, 0) is 57.4 Å². The molecule has 2 unspecified atom stereocenters. The van der Waals surface area contributed by atoms with Crippen molar-refractivity contribution >= 4 is 12.0 Å². The highest BCUT2D eigenvalue weighted by atomic mass is 16.5. The molecule has 2 rings (SSSR count). The van der Waals surface area contributed by atoms with Gasteiger partial charge in [-0.1, -0.05) is 6.08 Å². The Kier molecular flexibility index (Phi) is 4.91. The molecule has 1 aromatic rings. The molecule has 1 aliphatic heterocycles. The molecule has 0 aliphatic carbocycles. The van der Waals surface area contributed by atoms with Crippen LogP contribution in [-0.2, 0) is 6.42 Å². The van der Waals surface area contributed by atoms with Crippen LogP contribution in [0.2, 0.25) is 0 Å². The molecule has 1 aromatic carbocycles. The van der Waals surface area contributed by atoms with Crippen molar-refractivity contribution in [1.82, 2.24) is 0 Å². The summed E-state index contributed by atoms with van der Waals surface area (Å²) in [4.78, 5) is 6.68. The number of nitrogens with zero attached hydrogens (tertiary/aromatic N) is 2. The molecule has 0 amide bonds. The number of anilines is 1. The lowest BCUT2D eigenvalue weighted by Crippen LogP contribution is -2.45. The molecule has 22 heavy (non-hydrogen) atoms. The Labute approximate surface area is 133 Å². The van der Waals surface area contributed by atoms with E-state index in [0.29, 0.717) is 0 Å². The Balaban J connectivity index is 2.41. The molecule has 2 atom stereocenters. The Bertz CT molecular complexity index is 561. The van der Waals surface area contributed by atoms with Crippen LogP contribution in [0.15, 0.2) is 35.8 Å². The van der Waals surface area contributed by atoms with E-state index >= 15 is 0 Å². The van der Waals surface area contributed by atoms with E-state index in [-0.39, 0.29) is 11.6 Å². The fourth-order valence-electron chi connectivity index (χ4n) is 2.64.